The lowest BCUT2D eigenvalue weighted by atomic mass is 10.0. The van der Waals surface area contributed by atoms with Crippen molar-refractivity contribution in [3.63, 3.8) is 0 Å². The first kappa shape index (κ1) is 12.7. The van der Waals surface area contributed by atoms with Crippen molar-refractivity contribution in [1.82, 2.24) is 0 Å². The molecule has 0 aromatic carbocycles. The van der Waals surface area contributed by atoms with Gasteiger partial charge in [-0.2, -0.15) is 0 Å². The van der Waals surface area contributed by atoms with Crippen LogP contribution in [0.5, 0.6) is 0 Å². The van der Waals surface area contributed by atoms with E-state index in [1.807, 2.05) is 0 Å². The molecule has 0 radical (unpaired) electrons. The number of carbonyl (C=O) groups is 1. The van der Waals surface area contributed by atoms with Crippen molar-refractivity contribution in [2.24, 2.45) is 11.7 Å². The normalized spacial score (nSPS) is 32.4. The lowest BCUT2D eigenvalue weighted by Gasteiger charge is -2.15. The van der Waals surface area contributed by atoms with E-state index in [2.05, 4.69) is 4.74 Å². The Balaban J connectivity index is 0.00000144. The Morgan fingerprint density at radius 3 is 2.77 bits per heavy atom. The highest BCUT2D eigenvalue weighted by molar-refractivity contribution is 5.85. The molecule has 1 fully saturated rings. The maximum atomic E-state index is 13.5. The van der Waals surface area contributed by atoms with E-state index in [1.165, 1.54) is 7.11 Å². The zero-order valence-corrected chi connectivity index (χ0v) is 8.40. The summed E-state index contributed by atoms with van der Waals surface area (Å²) in [5, 5.41) is 0. The second kappa shape index (κ2) is 4.77. The third kappa shape index (κ3) is 2.81. The van der Waals surface area contributed by atoms with Gasteiger partial charge >= 0.3 is 5.97 Å². The fourth-order valence-corrected chi connectivity index (χ4v) is 1.63. The van der Waals surface area contributed by atoms with Crippen LogP contribution in [0.1, 0.15) is 19.3 Å². The Morgan fingerprint density at radius 2 is 2.38 bits per heavy atom. The molecule has 2 N–H and O–H groups in total. The summed E-state index contributed by atoms with van der Waals surface area (Å²) in [7, 11) is 1.32. The molecule has 0 aromatic heterocycles. The molecule has 1 aliphatic carbocycles. The summed E-state index contributed by atoms with van der Waals surface area (Å²) in [4.78, 5) is 11.0. The molecule has 1 aliphatic rings. The van der Waals surface area contributed by atoms with Crippen LogP contribution in [0.3, 0.4) is 0 Å². The summed E-state index contributed by atoms with van der Waals surface area (Å²) in [5.74, 6) is -0.605. The van der Waals surface area contributed by atoms with E-state index in [1.54, 1.807) is 0 Å². The number of esters is 1. The third-order valence-electron chi connectivity index (χ3n) is 2.45. The van der Waals surface area contributed by atoms with Crippen molar-refractivity contribution < 1.29 is 13.9 Å². The minimum atomic E-state index is -1.33. The third-order valence-corrected chi connectivity index (χ3v) is 2.45. The summed E-state index contributed by atoms with van der Waals surface area (Å²) >= 11 is 0. The molecule has 1 rings (SSSR count). The molecule has 3 nitrogen and oxygen atoms in total. The van der Waals surface area contributed by atoms with E-state index < -0.39 is 5.67 Å². The summed E-state index contributed by atoms with van der Waals surface area (Å²) in [5.41, 5.74) is 3.91. The maximum absolute atomic E-state index is 13.5. The molecule has 2 atom stereocenters. The molecular formula is C8H15ClFNO2. The summed E-state index contributed by atoms with van der Waals surface area (Å²) < 4.78 is 18.0. The number of hydrogen-bond acceptors (Lipinski definition) is 3. The monoisotopic (exact) mass is 211 g/mol. The Hall–Kier alpha value is -0.350. The van der Waals surface area contributed by atoms with Gasteiger partial charge in [-0.15, -0.1) is 12.4 Å². The highest BCUT2D eigenvalue weighted by Crippen LogP contribution is 2.37. The standard InChI is InChI=1S/C8H14FNO2.ClH/c1-12-7(11)6-2-3-8(9,4-6)5-10;/h6H,2-5,10H2,1H3;1H/t6-,8+;/m0./s1. The topological polar surface area (TPSA) is 52.3 Å². The molecule has 13 heavy (non-hydrogen) atoms. The largest absolute Gasteiger partial charge is 0.469 e. The first-order valence-electron chi connectivity index (χ1n) is 4.08. The van der Waals surface area contributed by atoms with Crippen LogP contribution in [-0.4, -0.2) is 25.3 Å². The average Bonchev–Trinajstić information content (AvgIpc) is 2.48. The molecule has 78 valence electrons. The Kier molecular flexibility index (Phi) is 4.64. The van der Waals surface area contributed by atoms with E-state index >= 15 is 0 Å². The highest BCUT2D eigenvalue weighted by atomic mass is 35.5. The van der Waals surface area contributed by atoms with Crippen molar-refractivity contribution in [2.75, 3.05) is 13.7 Å². The molecule has 0 saturated heterocycles. The van der Waals surface area contributed by atoms with Crippen LogP contribution in [-0.2, 0) is 9.53 Å². The summed E-state index contributed by atoms with van der Waals surface area (Å²) in [6.45, 7) is 0.000490. The fraction of sp³-hybridized carbons (Fsp3) is 0.875. The Bertz CT molecular complexity index is 191. The number of halogens is 2. The lowest BCUT2D eigenvalue weighted by Crippen LogP contribution is -2.30. The molecule has 1 saturated carbocycles. The van der Waals surface area contributed by atoms with Gasteiger partial charge in [0.05, 0.1) is 13.0 Å². The van der Waals surface area contributed by atoms with Gasteiger partial charge in [0.1, 0.15) is 5.67 Å². The molecule has 0 aromatic rings. The minimum absolute atomic E-state index is 0. The zero-order chi connectivity index (χ0) is 9.19. The highest BCUT2D eigenvalue weighted by Gasteiger charge is 2.41. The number of alkyl halides is 1. The molecule has 5 heteroatoms. The first-order valence-corrected chi connectivity index (χ1v) is 4.08. The number of methoxy groups -OCH3 is 1. The number of carbonyl (C=O) groups excluding carboxylic acids is 1. The van der Waals surface area contributed by atoms with Crippen LogP contribution in [0.2, 0.25) is 0 Å². The van der Waals surface area contributed by atoms with Crippen molar-refractivity contribution in [3.05, 3.63) is 0 Å². The smallest absolute Gasteiger partial charge is 0.308 e. The van der Waals surface area contributed by atoms with Crippen molar-refractivity contribution >= 4 is 18.4 Å². The van der Waals surface area contributed by atoms with Crippen LogP contribution in [0, 0.1) is 5.92 Å². The molecule has 0 bridgehead atoms. The molecular weight excluding hydrogens is 197 g/mol. The van der Waals surface area contributed by atoms with Gasteiger partial charge in [-0.25, -0.2) is 4.39 Å². The Labute approximate surface area is 83.2 Å². The van der Waals surface area contributed by atoms with Crippen LogP contribution in [0.15, 0.2) is 0 Å². The van der Waals surface area contributed by atoms with Gasteiger partial charge in [-0.05, 0) is 19.3 Å². The Morgan fingerprint density at radius 1 is 1.77 bits per heavy atom. The summed E-state index contributed by atoms with van der Waals surface area (Å²) in [6.07, 6.45) is 1.15. The van der Waals surface area contributed by atoms with Gasteiger partial charge in [0.2, 0.25) is 0 Å². The van der Waals surface area contributed by atoms with E-state index in [0.717, 1.165) is 0 Å². The molecule has 0 spiro atoms. The molecule has 0 heterocycles. The molecule has 0 unspecified atom stereocenters. The summed E-state index contributed by atoms with van der Waals surface area (Å²) in [6, 6.07) is 0. The number of nitrogens with two attached hydrogens (primary N) is 1. The fourth-order valence-electron chi connectivity index (χ4n) is 1.63. The van der Waals surface area contributed by atoms with E-state index in [0.29, 0.717) is 12.8 Å². The van der Waals surface area contributed by atoms with Gasteiger partial charge in [0, 0.05) is 6.54 Å². The minimum Gasteiger partial charge on any atom is -0.469 e. The van der Waals surface area contributed by atoms with Gasteiger partial charge in [0.25, 0.3) is 0 Å². The second-order valence-electron chi connectivity index (χ2n) is 3.32. The van der Waals surface area contributed by atoms with Crippen molar-refractivity contribution in [2.45, 2.75) is 24.9 Å². The first-order chi connectivity index (χ1) is 5.61. The van der Waals surface area contributed by atoms with E-state index in [-0.39, 0.29) is 37.3 Å². The van der Waals surface area contributed by atoms with Gasteiger partial charge in [-0.3, -0.25) is 4.79 Å². The predicted octanol–water partition coefficient (Wildman–Crippen LogP) is 1.05. The number of ether oxygens (including phenoxy) is 1. The van der Waals surface area contributed by atoms with Crippen LogP contribution in [0.25, 0.3) is 0 Å². The van der Waals surface area contributed by atoms with Crippen LogP contribution >= 0.6 is 12.4 Å². The van der Waals surface area contributed by atoms with Gasteiger partial charge in [0.15, 0.2) is 0 Å². The second-order valence-corrected chi connectivity index (χ2v) is 3.32. The SMILES string of the molecule is COC(=O)[C@H]1CC[C@](F)(CN)C1.Cl. The molecule has 0 aliphatic heterocycles. The van der Waals surface area contributed by atoms with Crippen molar-refractivity contribution in [3.8, 4) is 0 Å². The van der Waals surface area contributed by atoms with Gasteiger partial charge < -0.3 is 10.5 Å². The van der Waals surface area contributed by atoms with E-state index in [9.17, 15) is 9.18 Å². The van der Waals surface area contributed by atoms with Crippen LogP contribution < -0.4 is 5.73 Å². The van der Waals surface area contributed by atoms with Crippen LogP contribution in [0.4, 0.5) is 4.39 Å². The predicted molar refractivity (Wildman–Crippen MR) is 49.5 cm³/mol. The number of rotatable bonds is 2. The average molecular weight is 212 g/mol. The van der Waals surface area contributed by atoms with Crippen molar-refractivity contribution in [1.29, 1.82) is 0 Å². The van der Waals surface area contributed by atoms with E-state index in [4.69, 9.17) is 5.73 Å². The number of hydrogen-bond donors (Lipinski definition) is 1. The lowest BCUT2D eigenvalue weighted by molar-refractivity contribution is -0.145. The maximum Gasteiger partial charge on any atom is 0.308 e. The quantitative estimate of drug-likeness (QED) is 0.695. The zero-order valence-electron chi connectivity index (χ0n) is 7.59. The van der Waals surface area contributed by atoms with Gasteiger partial charge in [-0.1, -0.05) is 0 Å². The molecule has 0 amide bonds.